The lowest BCUT2D eigenvalue weighted by molar-refractivity contribution is 0.00708. The van der Waals surface area contributed by atoms with Crippen LogP contribution in [0.15, 0.2) is 18.6 Å². The fourth-order valence-electron chi connectivity index (χ4n) is 1.42. The number of rotatable bonds is 5. The Bertz CT molecular complexity index is 287. The summed E-state index contributed by atoms with van der Waals surface area (Å²) in [7, 11) is 3.65. The zero-order chi connectivity index (χ0) is 11.3. The van der Waals surface area contributed by atoms with E-state index in [1.165, 1.54) is 0 Å². The topological polar surface area (TPSA) is 47.0 Å². The Morgan fingerprint density at radius 1 is 1.47 bits per heavy atom. The first-order valence-corrected chi connectivity index (χ1v) is 5.07. The third-order valence-corrected chi connectivity index (χ3v) is 2.54. The Morgan fingerprint density at radius 3 is 2.67 bits per heavy atom. The molecule has 1 unspecified atom stereocenters. The summed E-state index contributed by atoms with van der Waals surface area (Å²) in [6, 6.07) is 0.175. The van der Waals surface area contributed by atoms with Crippen LogP contribution in [0.1, 0.15) is 32.0 Å². The molecule has 1 aromatic rings. The molecule has 1 aromatic heterocycles. The molecule has 1 atom stereocenters. The van der Waals surface area contributed by atoms with Crippen LogP contribution >= 0.6 is 0 Å². The summed E-state index contributed by atoms with van der Waals surface area (Å²) in [4.78, 5) is 8.35. The number of ether oxygens (including phenoxy) is 1. The predicted octanol–water partition coefficient (Wildman–Crippen LogP) is 1.55. The molecule has 0 spiro atoms. The SMILES string of the molecule is CNC(CC(C)(C)OC)c1cnccn1. The fourth-order valence-corrected chi connectivity index (χ4v) is 1.42. The fraction of sp³-hybridized carbons (Fsp3) is 0.636. The summed E-state index contributed by atoms with van der Waals surface area (Å²) in [5.41, 5.74) is 0.788. The van der Waals surface area contributed by atoms with E-state index in [2.05, 4.69) is 29.1 Å². The zero-order valence-electron chi connectivity index (χ0n) is 9.82. The van der Waals surface area contributed by atoms with E-state index in [1.54, 1.807) is 25.7 Å². The number of methoxy groups -OCH3 is 1. The number of hydrogen-bond acceptors (Lipinski definition) is 4. The maximum atomic E-state index is 5.40. The first-order chi connectivity index (χ1) is 7.09. The van der Waals surface area contributed by atoms with Crippen molar-refractivity contribution in [2.24, 2.45) is 0 Å². The average Bonchev–Trinajstić information content (AvgIpc) is 2.27. The molecular formula is C11H19N3O. The highest BCUT2D eigenvalue weighted by Gasteiger charge is 2.23. The number of nitrogens with zero attached hydrogens (tertiary/aromatic N) is 2. The molecule has 0 amide bonds. The Balaban J connectivity index is 2.73. The third-order valence-electron chi connectivity index (χ3n) is 2.54. The van der Waals surface area contributed by atoms with Crippen molar-refractivity contribution in [3.63, 3.8) is 0 Å². The van der Waals surface area contributed by atoms with Crippen LogP contribution in [0.25, 0.3) is 0 Å². The molecule has 0 saturated carbocycles. The Labute approximate surface area is 91.1 Å². The highest BCUT2D eigenvalue weighted by Crippen LogP contribution is 2.23. The van der Waals surface area contributed by atoms with Crippen LogP contribution in [0.5, 0.6) is 0 Å². The molecule has 0 radical (unpaired) electrons. The molecule has 0 aliphatic carbocycles. The van der Waals surface area contributed by atoms with E-state index in [9.17, 15) is 0 Å². The Hall–Kier alpha value is -1.00. The summed E-state index contributed by atoms with van der Waals surface area (Å²) < 4.78 is 5.40. The second-order valence-electron chi connectivity index (χ2n) is 4.14. The van der Waals surface area contributed by atoms with Gasteiger partial charge in [0.15, 0.2) is 0 Å². The summed E-state index contributed by atoms with van der Waals surface area (Å²) in [5, 5.41) is 3.23. The lowest BCUT2D eigenvalue weighted by Gasteiger charge is -2.27. The van der Waals surface area contributed by atoms with Gasteiger partial charge >= 0.3 is 0 Å². The van der Waals surface area contributed by atoms with Crippen LogP contribution in [0, 0.1) is 0 Å². The Kier molecular flexibility index (Phi) is 4.17. The van der Waals surface area contributed by atoms with E-state index in [1.807, 2.05) is 7.05 Å². The van der Waals surface area contributed by atoms with Gasteiger partial charge in [-0.3, -0.25) is 9.97 Å². The van der Waals surface area contributed by atoms with Crippen molar-refractivity contribution in [3.8, 4) is 0 Å². The van der Waals surface area contributed by atoms with Gasteiger partial charge in [0, 0.05) is 25.7 Å². The molecule has 1 N–H and O–H groups in total. The molecule has 4 heteroatoms. The van der Waals surface area contributed by atoms with Gasteiger partial charge in [-0.1, -0.05) is 0 Å². The van der Waals surface area contributed by atoms with Gasteiger partial charge in [-0.2, -0.15) is 0 Å². The van der Waals surface area contributed by atoms with Gasteiger partial charge in [0.05, 0.1) is 17.3 Å². The molecule has 0 aliphatic rings. The van der Waals surface area contributed by atoms with Crippen molar-refractivity contribution in [2.45, 2.75) is 31.9 Å². The lowest BCUT2D eigenvalue weighted by Crippen LogP contribution is -2.31. The zero-order valence-corrected chi connectivity index (χ0v) is 9.82. The van der Waals surface area contributed by atoms with E-state index in [-0.39, 0.29) is 11.6 Å². The highest BCUT2D eigenvalue weighted by molar-refractivity contribution is 5.03. The minimum atomic E-state index is -0.162. The van der Waals surface area contributed by atoms with Crippen LogP contribution in [0.4, 0.5) is 0 Å². The van der Waals surface area contributed by atoms with Gasteiger partial charge in [-0.25, -0.2) is 0 Å². The third kappa shape index (κ3) is 3.57. The van der Waals surface area contributed by atoms with Crippen molar-refractivity contribution < 1.29 is 4.74 Å². The van der Waals surface area contributed by atoms with Gasteiger partial charge in [-0.15, -0.1) is 0 Å². The van der Waals surface area contributed by atoms with Crippen LogP contribution in [-0.4, -0.2) is 29.7 Å². The monoisotopic (exact) mass is 209 g/mol. The van der Waals surface area contributed by atoms with Gasteiger partial charge in [0.1, 0.15) is 0 Å². The number of hydrogen-bond donors (Lipinski definition) is 1. The predicted molar refractivity (Wildman–Crippen MR) is 59.5 cm³/mol. The summed E-state index contributed by atoms with van der Waals surface area (Å²) >= 11 is 0. The average molecular weight is 209 g/mol. The molecule has 15 heavy (non-hydrogen) atoms. The van der Waals surface area contributed by atoms with Crippen LogP contribution < -0.4 is 5.32 Å². The van der Waals surface area contributed by atoms with Gasteiger partial charge in [0.25, 0.3) is 0 Å². The smallest absolute Gasteiger partial charge is 0.0757 e. The van der Waals surface area contributed by atoms with Crippen molar-refractivity contribution in [1.82, 2.24) is 15.3 Å². The summed E-state index contributed by atoms with van der Waals surface area (Å²) in [6.45, 7) is 4.13. The van der Waals surface area contributed by atoms with E-state index in [0.717, 1.165) is 12.1 Å². The quantitative estimate of drug-likeness (QED) is 0.799. The minimum Gasteiger partial charge on any atom is -0.379 e. The minimum absolute atomic E-state index is 0.162. The molecule has 0 fully saturated rings. The maximum absolute atomic E-state index is 5.40. The van der Waals surface area contributed by atoms with Crippen molar-refractivity contribution >= 4 is 0 Å². The molecule has 0 bridgehead atoms. The van der Waals surface area contributed by atoms with Crippen molar-refractivity contribution in [2.75, 3.05) is 14.2 Å². The standard InChI is InChI=1S/C11H19N3O/c1-11(2,15-4)7-9(12-3)10-8-13-5-6-14-10/h5-6,8-9,12H,7H2,1-4H3. The molecule has 0 aliphatic heterocycles. The second-order valence-corrected chi connectivity index (χ2v) is 4.14. The van der Waals surface area contributed by atoms with Crippen molar-refractivity contribution in [3.05, 3.63) is 24.3 Å². The molecule has 1 rings (SSSR count). The van der Waals surface area contributed by atoms with Gasteiger partial charge in [-0.05, 0) is 27.3 Å². The molecular weight excluding hydrogens is 190 g/mol. The largest absolute Gasteiger partial charge is 0.379 e. The second kappa shape index (κ2) is 5.19. The van der Waals surface area contributed by atoms with E-state index < -0.39 is 0 Å². The molecule has 84 valence electrons. The lowest BCUT2D eigenvalue weighted by atomic mass is 9.97. The molecule has 0 saturated heterocycles. The van der Waals surface area contributed by atoms with E-state index in [0.29, 0.717) is 0 Å². The van der Waals surface area contributed by atoms with Crippen LogP contribution in [-0.2, 0) is 4.74 Å². The molecule has 1 heterocycles. The number of nitrogens with one attached hydrogen (secondary N) is 1. The van der Waals surface area contributed by atoms with Crippen LogP contribution in [0.2, 0.25) is 0 Å². The first kappa shape index (κ1) is 12.1. The molecule has 0 aromatic carbocycles. The highest BCUT2D eigenvalue weighted by atomic mass is 16.5. The van der Waals surface area contributed by atoms with Gasteiger partial charge in [0.2, 0.25) is 0 Å². The summed E-state index contributed by atoms with van der Waals surface area (Å²) in [6.07, 6.45) is 6.03. The number of aromatic nitrogens is 2. The van der Waals surface area contributed by atoms with E-state index in [4.69, 9.17) is 4.74 Å². The normalized spacial score (nSPS) is 13.9. The summed E-state index contributed by atoms with van der Waals surface area (Å²) in [5.74, 6) is 0. The maximum Gasteiger partial charge on any atom is 0.0757 e. The van der Waals surface area contributed by atoms with Crippen molar-refractivity contribution in [1.29, 1.82) is 0 Å². The Morgan fingerprint density at radius 2 is 2.20 bits per heavy atom. The van der Waals surface area contributed by atoms with Crippen LogP contribution in [0.3, 0.4) is 0 Å². The van der Waals surface area contributed by atoms with E-state index >= 15 is 0 Å². The van der Waals surface area contributed by atoms with Gasteiger partial charge < -0.3 is 10.1 Å². The first-order valence-electron chi connectivity index (χ1n) is 5.07. The molecule has 4 nitrogen and oxygen atoms in total.